The van der Waals surface area contributed by atoms with Crippen LogP contribution in [-0.2, 0) is 0 Å². The van der Waals surface area contributed by atoms with Crippen molar-refractivity contribution in [1.29, 1.82) is 0 Å². The first-order chi connectivity index (χ1) is 7.20. The summed E-state index contributed by atoms with van der Waals surface area (Å²) in [6.07, 6.45) is 1.18. The maximum atomic E-state index is 11.2. The Morgan fingerprint density at radius 2 is 2.20 bits per heavy atom. The molecule has 0 radical (unpaired) electrons. The summed E-state index contributed by atoms with van der Waals surface area (Å²) >= 11 is 0. The molecule has 2 N–H and O–H groups in total. The molecule has 1 amide bonds. The summed E-state index contributed by atoms with van der Waals surface area (Å²) < 4.78 is 0. The molecule has 1 aliphatic carbocycles. The zero-order chi connectivity index (χ0) is 10.8. The quantitative estimate of drug-likeness (QED) is 0.762. The maximum Gasteiger partial charge on any atom is 0.271 e. The second-order valence-corrected chi connectivity index (χ2v) is 3.85. The molecule has 0 saturated heterocycles. The lowest BCUT2D eigenvalue weighted by molar-refractivity contribution is 0.0957. The summed E-state index contributed by atoms with van der Waals surface area (Å²) in [6, 6.07) is 3.97. The predicted octanol–water partition coefficient (Wildman–Crippen LogP) is 0.656. The lowest BCUT2D eigenvalue weighted by Crippen LogP contribution is -2.20. The van der Waals surface area contributed by atoms with Crippen molar-refractivity contribution in [3.8, 4) is 0 Å². The molecular weight excluding hydrogens is 192 g/mol. The highest BCUT2D eigenvalue weighted by atomic mass is 16.1. The zero-order valence-corrected chi connectivity index (χ0v) is 8.82. The number of hydrogen-bond acceptors (Lipinski definition) is 4. The largest absolute Gasteiger partial charge is 0.366 e. The van der Waals surface area contributed by atoms with Gasteiger partial charge in [-0.25, -0.2) is 0 Å². The SMILES string of the molecule is CNC(=O)c1ccc(NC2CC2C)nn1. The van der Waals surface area contributed by atoms with Gasteiger partial charge >= 0.3 is 0 Å². The maximum absolute atomic E-state index is 11.2. The van der Waals surface area contributed by atoms with Crippen LogP contribution in [0.25, 0.3) is 0 Å². The predicted molar refractivity (Wildman–Crippen MR) is 56.6 cm³/mol. The van der Waals surface area contributed by atoms with Crippen LogP contribution in [0, 0.1) is 5.92 Å². The van der Waals surface area contributed by atoms with E-state index in [0.717, 1.165) is 5.82 Å². The van der Waals surface area contributed by atoms with Gasteiger partial charge in [-0.2, -0.15) is 0 Å². The van der Waals surface area contributed by atoms with E-state index in [1.54, 1.807) is 19.2 Å². The molecule has 1 heterocycles. The molecule has 1 aromatic rings. The third-order valence-electron chi connectivity index (χ3n) is 2.57. The van der Waals surface area contributed by atoms with Crippen molar-refractivity contribution in [2.24, 2.45) is 5.92 Å². The van der Waals surface area contributed by atoms with Gasteiger partial charge in [0.1, 0.15) is 5.82 Å². The van der Waals surface area contributed by atoms with E-state index in [0.29, 0.717) is 17.7 Å². The minimum absolute atomic E-state index is 0.214. The van der Waals surface area contributed by atoms with Gasteiger partial charge in [-0.15, -0.1) is 10.2 Å². The van der Waals surface area contributed by atoms with E-state index in [1.165, 1.54) is 6.42 Å². The van der Waals surface area contributed by atoms with Crippen LogP contribution in [0.2, 0.25) is 0 Å². The Bertz CT molecular complexity index is 362. The Hall–Kier alpha value is -1.65. The number of aromatic nitrogens is 2. The fourth-order valence-corrected chi connectivity index (χ4v) is 1.37. The first-order valence-corrected chi connectivity index (χ1v) is 5.03. The van der Waals surface area contributed by atoms with Crippen LogP contribution >= 0.6 is 0 Å². The van der Waals surface area contributed by atoms with Gasteiger partial charge in [-0.05, 0) is 24.5 Å². The molecule has 0 aliphatic heterocycles. The topological polar surface area (TPSA) is 66.9 Å². The van der Waals surface area contributed by atoms with Crippen molar-refractivity contribution >= 4 is 11.7 Å². The molecule has 1 aromatic heterocycles. The van der Waals surface area contributed by atoms with Crippen molar-refractivity contribution in [3.63, 3.8) is 0 Å². The summed E-state index contributed by atoms with van der Waals surface area (Å²) in [5, 5.41) is 13.5. The highest BCUT2D eigenvalue weighted by Gasteiger charge is 2.32. The number of nitrogens with one attached hydrogen (secondary N) is 2. The number of hydrogen-bond donors (Lipinski definition) is 2. The van der Waals surface area contributed by atoms with E-state index in [2.05, 4.69) is 27.8 Å². The Morgan fingerprint density at radius 1 is 1.47 bits per heavy atom. The minimum atomic E-state index is -0.214. The fourth-order valence-electron chi connectivity index (χ4n) is 1.37. The van der Waals surface area contributed by atoms with E-state index >= 15 is 0 Å². The molecular formula is C10H14N4O. The second kappa shape index (κ2) is 3.84. The minimum Gasteiger partial charge on any atom is -0.366 e. The van der Waals surface area contributed by atoms with Gasteiger partial charge in [0, 0.05) is 13.1 Å². The van der Waals surface area contributed by atoms with E-state index in [4.69, 9.17) is 0 Å². The van der Waals surface area contributed by atoms with Crippen LogP contribution in [0.15, 0.2) is 12.1 Å². The van der Waals surface area contributed by atoms with Crippen molar-refractivity contribution in [2.75, 3.05) is 12.4 Å². The van der Waals surface area contributed by atoms with E-state index in [9.17, 15) is 4.79 Å². The van der Waals surface area contributed by atoms with Crippen molar-refractivity contribution < 1.29 is 4.79 Å². The number of anilines is 1. The summed E-state index contributed by atoms with van der Waals surface area (Å²) in [5.41, 5.74) is 0.340. The normalized spacial score (nSPS) is 23.3. The molecule has 0 spiro atoms. The summed E-state index contributed by atoms with van der Waals surface area (Å²) in [6.45, 7) is 2.18. The molecule has 0 aromatic carbocycles. The summed E-state index contributed by atoms with van der Waals surface area (Å²) in [5.74, 6) is 1.23. The van der Waals surface area contributed by atoms with Gasteiger partial charge in [0.05, 0.1) is 0 Å². The van der Waals surface area contributed by atoms with Crippen molar-refractivity contribution in [2.45, 2.75) is 19.4 Å². The Morgan fingerprint density at radius 3 is 2.67 bits per heavy atom. The van der Waals surface area contributed by atoms with Crippen LogP contribution in [0.1, 0.15) is 23.8 Å². The van der Waals surface area contributed by atoms with E-state index < -0.39 is 0 Å². The van der Waals surface area contributed by atoms with E-state index in [-0.39, 0.29) is 5.91 Å². The average Bonchev–Trinajstić information content (AvgIpc) is 2.94. The molecule has 0 bridgehead atoms. The van der Waals surface area contributed by atoms with Crippen LogP contribution in [-0.4, -0.2) is 29.2 Å². The molecule has 80 valence electrons. The van der Waals surface area contributed by atoms with Gasteiger partial charge in [0.25, 0.3) is 5.91 Å². The fraction of sp³-hybridized carbons (Fsp3) is 0.500. The average molecular weight is 206 g/mol. The smallest absolute Gasteiger partial charge is 0.271 e. The number of nitrogens with zero attached hydrogens (tertiary/aromatic N) is 2. The Balaban J connectivity index is 2.00. The number of carbonyl (C=O) groups excluding carboxylic acids is 1. The lowest BCUT2D eigenvalue weighted by atomic mass is 10.3. The van der Waals surface area contributed by atoms with Crippen LogP contribution in [0.5, 0.6) is 0 Å². The zero-order valence-electron chi connectivity index (χ0n) is 8.82. The van der Waals surface area contributed by atoms with Gasteiger partial charge in [0.15, 0.2) is 5.69 Å². The van der Waals surface area contributed by atoms with Gasteiger partial charge in [0.2, 0.25) is 0 Å². The van der Waals surface area contributed by atoms with Gasteiger partial charge in [-0.3, -0.25) is 4.79 Å². The molecule has 15 heavy (non-hydrogen) atoms. The number of carbonyl (C=O) groups is 1. The molecule has 2 unspecified atom stereocenters. The summed E-state index contributed by atoms with van der Waals surface area (Å²) in [7, 11) is 1.57. The van der Waals surface area contributed by atoms with Crippen molar-refractivity contribution in [1.82, 2.24) is 15.5 Å². The second-order valence-electron chi connectivity index (χ2n) is 3.85. The van der Waals surface area contributed by atoms with Crippen LogP contribution in [0.3, 0.4) is 0 Å². The van der Waals surface area contributed by atoms with E-state index in [1.807, 2.05) is 0 Å². The Labute approximate surface area is 88.3 Å². The monoisotopic (exact) mass is 206 g/mol. The van der Waals surface area contributed by atoms with Gasteiger partial charge < -0.3 is 10.6 Å². The molecule has 2 atom stereocenters. The first kappa shape index (κ1) is 9.89. The highest BCUT2D eigenvalue weighted by molar-refractivity contribution is 5.91. The van der Waals surface area contributed by atoms with Crippen LogP contribution in [0.4, 0.5) is 5.82 Å². The third kappa shape index (κ3) is 2.23. The molecule has 2 rings (SSSR count). The van der Waals surface area contributed by atoms with Crippen molar-refractivity contribution in [3.05, 3.63) is 17.8 Å². The Kier molecular flexibility index (Phi) is 2.53. The summed E-state index contributed by atoms with van der Waals surface area (Å²) in [4.78, 5) is 11.2. The highest BCUT2D eigenvalue weighted by Crippen LogP contribution is 2.31. The third-order valence-corrected chi connectivity index (χ3v) is 2.57. The van der Waals surface area contributed by atoms with Gasteiger partial charge in [-0.1, -0.05) is 6.92 Å². The van der Waals surface area contributed by atoms with Crippen LogP contribution < -0.4 is 10.6 Å². The molecule has 1 fully saturated rings. The first-order valence-electron chi connectivity index (χ1n) is 5.03. The molecule has 5 nitrogen and oxygen atoms in total. The lowest BCUT2D eigenvalue weighted by Gasteiger charge is -2.03. The molecule has 1 saturated carbocycles. The standard InChI is InChI=1S/C10H14N4O/c1-6-5-8(6)12-9-4-3-7(13-14-9)10(15)11-2/h3-4,6,8H,5H2,1-2H3,(H,11,15)(H,12,14). The molecule has 1 aliphatic rings. The number of rotatable bonds is 3. The number of amides is 1. The molecule has 5 heteroatoms.